The lowest BCUT2D eigenvalue weighted by atomic mass is 10.1. The van der Waals surface area contributed by atoms with E-state index in [1.807, 2.05) is 24.3 Å². The van der Waals surface area contributed by atoms with E-state index in [1.54, 1.807) is 24.3 Å². The molecule has 0 saturated heterocycles. The largest absolute Gasteiger partial charge is 0.464 e. The van der Waals surface area contributed by atoms with Crippen LogP contribution in [-0.4, -0.2) is 36.1 Å². The molecular weight excluding hydrogens is 380 g/mol. The van der Waals surface area contributed by atoms with Gasteiger partial charge in [0.15, 0.2) is 0 Å². The summed E-state index contributed by atoms with van der Waals surface area (Å²) in [6.45, 7) is 0. The van der Waals surface area contributed by atoms with E-state index in [-0.39, 0.29) is 11.4 Å². The summed E-state index contributed by atoms with van der Waals surface area (Å²) < 4.78 is 9.24. The summed E-state index contributed by atoms with van der Waals surface area (Å²) in [5.74, 6) is 11.1. The molecule has 0 radical (unpaired) electrons. The van der Waals surface area contributed by atoms with E-state index < -0.39 is 11.9 Å². The second-order valence-electron chi connectivity index (χ2n) is 5.93. The third-order valence-corrected chi connectivity index (χ3v) is 3.88. The van der Waals surface area contributed by atoms with Gasteiger partial charge in [-0.25, -0.2) is 19.6 Å². The summed E-state index contributed by atoms with van der Waals surface area (Å²) in [5.41, 5.74) is 3.40. The third-order valence-electron chi connectivity index (χ3n) is 3.88. The maximum Gasteiger partial charge on any atom is 0.356 e. The van der Waals surface area contributed by atoms with Gasteiger partial charge >= 0.3 is 11.9 Å². The minimum Gasteiger partial charge on any atom is -0.464 e. The summed E-state index contributed by atoms with van der Waals surface area (Å²) in [7, 11) is 2.61. The topological polar surface area (TPSA) is 78.4 Å². The van der Waals surface area contributed by atoms with Gasteiger partial charge in [0.25, 0.3) is 0 Å². The number of aromatic nitrogens is 2. The molecule has 3 aromatic rings. The molecule has 3 rings (SSSR count). The molecule has 0 N–H and O–H groups in total. The fourth-order valence-corrected chi connectivity index (χ4v) is 2.35. The van der Waals surface area contributed by atoms with E-state index in [9.17, 15) is 9.59 Å². The summed E-state index contributed by atoms with van der Waals surface area (Å²) in [6.07, 6.45) is 3.04. The SMILES string of the molecule is COC(=O)c1ccc(C#Cc2cccc(C#Cc3ccc(C(=O)OC)nc3)c2)cn1. The number of benzene rings is 1. The van der Waals surface area contributed by atoms with Crippen LogP contribution in [0.25, 0.3) is 0 Å². The van der Waals surface area contributed by atoms with Crippen LogP contribution in [0.15, 0.2) is 60.9 Å². The van der Waals surface area contributed by atoms with Crippen molar-refractivity contribution in [2.24, 2.45) is 0 Å². The maximum atomic E-state index is 11.4. The van der Waals surface area contributed by atoms with Gasteiger partial charge in [0.2, 0.25) is 0 Å². The van der Waals surface area contributed by atoms with E-state index in [4.69, 9.17) is 0 Å². The van der Waals surface area contributed by atoms with E-state index >= 15 is 0 Å². The first-order valence-electron chi connectivity index (χ1n) is 8.82. The Labute approximate surface area is 173 Å². The van der Waals surface area contributed by atoms with Gasteiger partial charge in [-0.15, -0.1) is 0 Å². The van der Waals surface area contributed by atoms with Crippen molar-refractivity contribution >= 4 is 11.9 Å². The zero-order valence-electron chi connectivity index (χ0n) is 16.3. The molecule has 0 amide bonds. The Morgan fingerprint density at radius 3 is 1.47 bits per heavy atom. The van der Waals surface area contributed by atoms with Gasteiger partial charge < -0.3 is 9.47 Å². The minimum absolute atomic E-state index is 0.231. The van der Waals surface area contributed by atoms with Crippen LogP contribution in [0.4, 0.5) is 0 Å². The number of pyridine rings is 2. The van der Waals surface area contributed by atoms with Crippen molar-refractivity contribution in [3.05, 3.63) is 94.6 Å². The number of carbonyl (C=O) groups excluding carboxylic acids is 2. The molecule has 30 heavy (non-hydrogen) atoms. The molecule has 0 aliphatic heterocycles. The Kier molecular flexibility index (Phi) is 6.55. The molecule has 6 heteroatoms. The van der Waals surface area contributed by atoms with Crippen LogP contribution in [0.3, 0.4) is 0 Å². The molecule has 1 aromatic carbocycles. The molecule has 6 nitrogen and oxygen atoms in total. The van der Waals surface area contributed by atoms with Crippen molar-refractivity contribution in [3.63, 3.8) is 0 Å². The van der Waals surface area contributed by atoms with Crippen molar-refractivity contribution in [2.45, 2.75) is 0 Å². The predicted molar refractivity (Wildman–Crippen MR) is 110 cm³/mol. The van der Waals surface area contributed by atoms with E-state index in [0.29, 0.717) is 11.1 Å². The number of hydrogen-bond donors (Lipinski definition) is 0. The lowest BCUT2D eigenvalue weighted by Gasteiger charge is -1.97. The van der Waals surface area contributed by atoms with Crippen LogP contribution in [0.5, 0.6) is 0 Å². The van der Waals surface area contributed by atoms with Crippen LogP contribution < -0.4 is 0 Å². The molecule has 2 aromatic heterocycles. The molecule has 0 fully saturated rings. The van der Waals surface area contributed by atoms with Gasteiger partial charge in [-0.1, -0.05) is 29.7 Å². The van der Waals surface area contributed by atoms with Crippen molar-refractivity contribution in [1.82, 2.24) is 9.97 Å². The van der Waals surface area contributed by atoms with Gasteiger partial charge in [-0.05, 0) is 42.5 Å². The Morgan fingerprint density at radius 2 is 1.10 bits per heavy atom. The van der Waals surface area contributed by atoms with E-state index in [0.717, 1.165) is 11.1 Å². The number of esters is 2. The molecule has 0 unspecified atom stereocenters. The predicted octanol–water partition coefficient (Wildman–Crippen LogP) is 2.85. The standard InChI is InChI=1S/C24H16N2O4/c1-29-23(27)21-12-10-19(15-25-21)8-6-17-4-3-5-18(14-17)7-9-20-11-13-22(26-16-20)24(28)30-2/h3-5,10-16H,1-2H3. The molecule has 0 saturated carbocycles. The smallest absolute Gasteiger partial charge is 0.356 e. The Morgan fingerprint density at radius 1 is 0.667 bits per heavy atom. The van der Waals surface area contributed by atoms with Crippen molar-refractivity contribution in [1.29, 1.82) is 0 Å². The molecular formula is C24H16N2O4. The Hall–Kier alpha value is -4.42. The summed E-state index contributed by atoms with van der Waals surface area (Å²) >= 11 is 0. The van der Waals surface area contributed by atoms with Gasteiger partial charge in [-0.3, -0.25) is 0 Å². The molecule has 2 heterocycles. The minimum atomic E-state index is -0.490. The third kappa shape index (κ3) is 5.31. The zero-order chi connectivity index (χ0) is 21.3. The number of carbonyl (C=O) groups is 2. The highest BCUT2D eigenvalue weighted by molar-refractivity contribution is 5.87. The average Bonchev–Trinajstić information content (AvgIpc) is 2.81. The van der Waals surface area contributed by atoms with Gasteiger partial charge in [0.1, 0.15) is 11.4 Å². The maximum absolute atomic E-state index is 11.4. The second kappa shape index (κ2) is 9.68. The zero-order valence-corrected chi connectivity index (χ0v) is 16.3. The first-order chi connectivity index (χ1) is 14.6. The Bertz CT molecular complexity index is 1100. The average molecular weight is 396 g/mol. The normalized spacial score (nSPS) is 9.40. The summed E-state index contributed by atoms with van der Waals surface area (Å²) in [6, 6.07) is 14.0. The molecule has 146 valence electrons. The molecule has 0 aliphatic rings. The summed E-state index contributed by atoms with van der Waals surface area (Å²) in [4.78, 5) is 30.9. The highest BCUT2D eigenvalue weighted by Crippen LogP contribution is 2.06. The van der Waals surface area contributed by atoms with Gasteiger partial charge in [-0.2, -0.15) is 0 Å². The molecule has 0 aliphatic carbocycles. The van der Waals surface area contributed by atoms with Gasteiger partial charge in [0.05, 0.1) is 14.2 Å². The number of nitrogens with zero attached hydrogens (tertiary/aromatic N) is 2. The number of ether oxygens (including phenoxy) is 2. The Balaban J connectivity index is 1.73. The van der Waals surface area contributed by atoms with E-state index in [1.165, 1.54) is 26.6 Å². The highest BCUT2D eigenvalue weighted by Gasteiger charge is 2.06. The van der Waals surface area contributed by atoms with Crippen molar-refractivity contribution < 1.29 is 19.1 Å². The molecule has 0 spiro atoms. The van der Waals surface area contributed by atoms with Crippen LogP contribution >= 0.6 is 0 Å². The summed E-state index contributed by atoms with van der Waals surface area (Å²) in [5, 5.41) is 0. The van der Waals surface area contributed by atoms with E-state index in [2.05, 4.69) is 43.1 Å². The molecule has 0 atom stereocenters. The monoisotopic (exact) mass is 396 g/mol. The fraction of sp³-hybridized carbons (Fsp3) is 0.0833. The van der Waals surface area contributed by atoms with Crippen LogP contribution in [0.2, 0.25) is 0 Å². The first kappa shape index (κ1) is 20.3. The second-order valence-corrected chi connectivity index (χ2v) is 5.93. The highest BCUT2D eigenvalue weighted by atomic mass is 16.5. The fourth-order valence-electron chi connectivity index (χ4n) is 2.35. The van der Waals surface area contributed by atoms with Crippen LogP contribution in [0.1, 0.15) is 43.2 Å². The lowest BCUT2D eigenvalue weighted by Crippen LogP contribution is -2.03. The van der Waals surface area contributed by atoms with Gasteiger partial charge in [0, 0.05) is 34.6 Å². The number of hydrogen-bond acceptors (Lipinski definition) is 6. The van der Waals surface area contributed by atoms with Crippen molar-refractivity contribution in [2.75, 3.05) is 14.2 Å². The van der Waals surface area contributed by atoms with Crippen molar-refractivity contribution in [3.8, 4) is 23.7 Å². The van der Waals surface area contributed by atoms with Crippen LogP contribution in [-0.2, 0) is 9.47 Å². The first-order valence-corrected chi connectivity index (χ1v) is 8.82. The van der Waals surface area contributed by atoms with Crippen LogP contribution in [0, 0.1) is 23.7 Å². The number of methoxy groups -OCH3 is 2. The molecule has 0 bridgehead atoms. The number of rotatable bonds is 2. The lowest BCUT2D eigenvalue weighted by molar-refractivity contribution is 0.0585. The quantitative estimate of drug-likeness (QED) is 0.490.